The molecule has 0 spiro atoms. The summed E-state index contributed by atoms with van der Waals surface area (Å²) in [6.07, 6.45) is 1.60. The number of rotatable bonds is 5. The van der Waals surface area contributed by atoms with Crippen LogP contribution < -0.4 is 10.1 Å². The molecule has 0 aliphatic carbocycles. The number of hydrogen-bond donors (Lipinski definition) is 1. The fourth-order valence-corrected chi connectivity index (χ4v) is 2.91. The molecular weight excluding hydrogens is 300 g/mol. The zero-order chi connectivity index (χ0) is 17.1. The Kier molecular flexibility index (Phi) is 4.56. The molecule has 4 nitrogen and oxygen atoms in total. The van der Waals surface area contributed by atoms with Crippen LogP contribution in [0.5, 0.6) is 5.75 Å². The number of hydrogen-bond acceptors (Lipinski definition) is 3. The number of anilines is 1. The standard InChI is InChI=1S/C20H22N2O2/c1-4-12-22-19(15-8-7-9-16(13-15)24-14(2)3)21-18-11-6-5-10-17(18)20(22)23/h4-11,13-14,19,21H,1,12H2,2-3H3. The highest BCUT2D eigenvalue weighted by molar-refractivity contribution is 6.01. The van der Waals surface area contributed by atoms with Crippen molar-refractivity contribution in [1.82, 2.24) is 4.90 Å². The lowest BCUT2D eigenvalue weighted by Gasteiger charge is -2.37. The number of fused-ring (bicyclic) bond motifs is 1. The maximum Gasteiger partial charge on any atom is 0.258 e. The Morgan fingerprint density at radius 3 is 2.79 bits per heavy atom. The molecule has 2 aromatic rings. The van der Waals surface area contributed by atoms with Gasteiger partial charge in [0.2, 0.25) is 0 Å². The number of para-hydroxylation sites is 1. The first-order valence-electron chi connectivity index (χ1n) is 8.14. The van der Waals surface area contributed by atoms with Crippen molar-refractivity contribution in [1.29, 1.82) is 0 Å². The van der Waals surface area contributed by atoms with Crippen LogP contribution in [0.1, 0.15) is 35.9 Å². The van der Waals surface area contributed by atoms with Gasteiger partial charge in [0, 0.05) is 12.2 Å². The van der Waals surface area contributed by atoms with Crippen LogP contribution in [0.2, 0.25) is 0 Å². The van der Waals surface area contributed by atoms with E-state index in [4.69, 9.17) is 4.74 Å². The topological polar surface area (TPSA) is 41.6 Å². The zero-order valence-corrected chi connectivity index (χ0v) is 14.0. The largest absolute Gasteiger partial charge is 0.491 e. The van der Waals surface area contributed by atoms with Crippen molar-refractivity contribution in [2.75, 3.05) is 11.9 Å². The van der Waals surface area contributed by atoms with Crippen LogP contribution in [0.3, 0.4) is 0 Å². The molecule has 2 aromatic carbocycles. The Labute approximate surface area is 142 Å². The van der Waals surface area contributed by atoms with Crippen molar-refractivity contribution in [3.8, 4) is 5.75 Å². The van der Waals surface area contributed by atoms with Crippen LogP contribution in [-0.4, -0.2) is 23.5 Å². The van der Waals surface area contributed by atoms with Crippen molar-refractivity contribution < 1.29 is 9.53 Å². The van der Waals surface area contributed by atoms with E-state index in [9.17, 15) is 4.79 Å². The van der Waals surface area contributed by atoms with Gasteiger partial charge in [-0.05, 0) is 43.7 Å². The highest BCUT2D eigenvalue weighted by Gasteiger charge is 2.32. The monoisotopic (exact) mass is 322 g/mol. The van der Waals surface area contributed by atoms with E-state index in [0.717, 1.165) is 17.0 Å². The molecule has 3 rings (SSSR count). The van der Waals surface area contributed by atoms with Gasteiger partial charge in [-0.3, -0.25) is 4.79 Å². The summed E-state index contributed by atoms with van der Waals surface area (Å²) in [5.74, 6) is 0.804. The predicted octanol–water partition coefficient (Wildman–Crippen LogP) is 4.23. The van der Waals surface area contributed by atoms with E-state index in [2.05, 4.69) is 11.9 Å². The molecule has 4 heteroatoms. The lowest BCUT2D eigenvalue weighted by Crippen LogP contribution is -2.42. The first kappa shape index (κ1) is 16.1. The summed E-state index contributed by atoms with van der Waals surface area (Å²) in [5, 5.41) is 3.46. The van der Waals surface area contributed by atoms with Crippen molar-refractivity contribution in [3.63, 3.8) is 0 Å². The van der Waals surface area contributed by atoms with Gasteiger partial charge in [-0.2, -0.15) is 0 Å². The average molecular weight is 322 g/mol. The minimum absolute atomic E-state index is 0.00410. The summed E-state index contributed by atoms with van der Waals surface area (Å²) in [4.78, 5) is 14.6. The second-order valence-electron chi connectivity index (χ2n) is 6.08. The molecule has 1 heterocycles. The third-order valence-electron chi connectivity index (χ3n) is 3.89. The second-order valence-corrected chi connectivity index (χ2v) is 6.08. The number of amides is 1. The molecule has 1 N–H and O–H groups in total. The number of nitrogens with one attached hydrogen (secondary N) is 1. The molecule has 0 aromatic heterocycles. The van der Waals surface area contributed by atoms with Crippen molar-refractivity contribution in [2.45, 2.75) is 26.1 Å². The number of nitrogens with zero attached hydrogens (tertiary/aromatic N) is 1. The Morgan fingerprint density at radius 2 is 2.04 bits per heavy atom. The normalized spacial score (nSPS) is 16.5. The third kappa shape index (κ3) is 3.13. The van der Waals surface area contributed by atoms with Gasteiger partial charge in [-0.1, -0.05) is 30.3 Å². The second kappa shape index (κ2) is 6.79. The average Bonchev–Trinajstić information content (AvgIpc) is 2.57. The molecule has 24 heavy (non-hydrogen) atoms. The zero-order valence-electron chi connectivity index (χ0n) is 14.0. The molecule has 1 atom stereocenters. The van der Waals surface area contributed by atoms with E-state index in [1.165, 1.54) is 0 Å². The maximum absolute atomic E-state index is 12.9. The van der Waals surface area contributed by atoms with E-state index in [-0.39, 0.29) is 18.2 Å². The van der Waals surface area contributed by atoms with E-state index in [1.54, 1.807) is 11.0 Å². The summed E-state index contributed by atoms with van der Waals surface area (Å²) in [5.41, 5.74) is 2.52. The quantitative estimate of drug-likeness (QED) is 0.838. The summed E-state index contributed by atoms with van der Waals surface area (Å²) in [6, 6.07) is 15.4. The fourth-order valence-electron chi connectivity index (χ4n) is 2.91. The molecule has 1 aliphatic heterocycles. The molecule has 0 saturated carbocycles. The highest BCUT2D eigenvalue weighted by atomic mass is 16.5. The van der Waals surface area contributed by atoms with Crippen LogP contribution in [0.15, 0.2) is 61.2 Å². The van der Waals surface area contributed by atoms with Gasteiger partial charge in [0.25, 0.3) is 5.91 Å². The van der Waals surface area contributed by atoms with Crippen LogP contribution in [0, 0.1) is 0 Å². The van der Waals surface area contributed by atoms with Crippen molar-refractivity contribution >= 4 is 11.6 Å². The Hall–Kier alpha value is -2.75. The van der Waals surface area contributed by atoms with E-state index in [1.807, 2.05) is 62.4 Å². The predicted molar refractivity (Wildman–Crippen MR) is 96.2 cm³/mol. The van der Waals surface area contributed by atoms with Crippen LogP contribution in [-0.2, 0) is 0 Å². The van der Waals surface area contributed by atoms with Gasteiger partial charge in [0.1, 0.15) is 11.9 Å². The first-order chi connectivity index (χ1) is 11.6. The minimum atomic E-state index is -0.249. The van der Waals surface area contributed by atoms with Gasteiger partial charge in [0.05, 0.1) is 11.7 Å². The smallest absolute Gasteiger partial charge is 0.258 e. The Bertz CT molecular complexity index is 755. The highest BCUT2D eigenvalue weighted by Crippen LogP contribution is 2.34. The van der Waals surface area contributed by atoms with E-state index in [0.29, 0.717) is 12.1 Å². The van der Waals surface area contributed by atoms with Crippen molar-refractivity contribution in [2.24, 2.45) is 0 Å². The van der Waals surface area contributed by atoms with Gasteiger partial charge in [0.15, 0.2) is 0 Å². The molecule has 0 radical (unpaired) electrons. The molecule has 1 unspecified atom stereocenters. The lowest BCUT2D eigenvalue weighted by molar-refractivity contribution is 0.0707. The maximum atomic E-state index is 12.9. The molecular formula is C20H22N2O2. The molecule has 1 aliphatic rings. The molecule has 0 bridgehead atoms. The van der Waals surface area contributed by atoms with Gasteiger partial charge < -0.3 is 15.0 Å². The van der Waals surface area contributed by atoms with Gasteiger partial charge in [-0.25, -0.2) is 0 Å². The third-order valence-corrected chi connectivity index (χ3v) is 3.89. The minimum Gasteiger partial charge on any atom is -0.491 e. The first-order valence-corrected chi connectivity index (χ1v) is 8.14. The van der Waals surface area contributed by atoms with Crippen molar-refractivity contribution in [3.05, 3.63) is 72.3 Å². The SMILES string of the molecule is C=CCN1C(=O)c2ccccc2NC1c1cccc(OC(C)C)c1. The summed E-state index contributed by atoms with van der Waals surface area (Å²) < 4.78 is 5.79. The fraction of sp³-hybridized carbons (Fsp3) is 0.250. The molecule has 0 saturated heterocycles. The van der Waals surface area contributed by atoms with Gasteiger partial charge >= 0.3 is 0 Å². The summed E-state index contributed by atoms with van der Waals surface area (Å²) in [6.45, 7) is 8.25. The molecule has 0 fully saturated rings. The number of carbonyl (C=O) groups is 1. The van der Waals surface area contributed by atoms with E-state index >= 15 is 0 Å². The number of carbonyl (C=O) groups excluding carboxylic acids is 1. The number of benzene rings is 2. The van der Waals surface area contributed by atoms with Crippen LogP contribution in [0.25, 0.3) is 0 Å². The summed E-state index contributed by atoms with van der Waals surface area (Å²) >= 11 is 0. The Morgan fingerprint density at radius 1 is 1.25 bits per heavy atom. The van der Waals surface area contributed by atoms with Crippen LogP contribution in [0.4, 0.5) is 5.69 Å². The molecule has 124 valence electrons. The number of ether oxygens (including phenoxy) is 1. The Balaban J connectivity index is 1.99. The molecule has 1 amide bonds. The van der Waals surface area contributed by atoms with E-state index < -0.39 is 0 Å². The van der Waals surface area contributed by atoms with Gasteiger partial charge in [-0.15, -0.1) is 6.58 Å². The lowest BCUT2D eigenvalue weighted by atomic mass is 10.0. The van der Waals surface area contributed by atoms with Crippen LogP contribution >= 0.6 is 0 Å². The summed E-state index contributed by atoms with van der Waals surface area (Å²) in [7, 11) is 0.